The van der Waals surface area contributed by atoms with E-state index >= 15 is 0 Å². The molecule has 7 heteroatoms. The third kappa shape index (κ3) is 4.87. The highest BCUT2D eigenvalue weighted by molar-refractivity contribution is 7.89. The summed E-state index contributed by atoms with van der Waals surface area (Å²) in [4.78, 5) is 12.6. The Balaban J connectivity index is 2.21. The molecule has 0 bridgehead atoms. The second kappa shape index (κ2) is 8.54. The third-order valence-electron chi connectivity index (χ3n) is 4.34. The molecule has 6 nitrogen and oxygen atoms in total. The minimum atomic E-state index is -3.79. The zero-order chi connectivity index (χ0) is 20.2. The lowest BCUT2D eigenvalue weighted by atomic mass is 10.1. The maximum Gasteiger partial charge on any atom is 0.243 e. The summed E-state index contributed by atoms with van der Waals surface area (Å²) in [6, 6.07) is 10.4. The van der Waals surface area contributed by atoms with E-state index in [2.05, 4.69) is 5.32 Å². The number of amides is 1. The van der Waals surface area contributed by atoms with Gasteiger partial charge in [0.15, 0.2) is 0 Å². The highest BCUT2D eigenvalue weighted by Crippen LogP contribution is 2.24. The Kier molecular flexibility index (Phi) is 6.62. The van der Waals surface area contributed by atoms with E-state index in [9.17, 15) is 13.2 Å². The molecule has 0 saturated carbocycles. The van der Waals surface area contributed by atoms with E-state index in [1.54, 1.807) is 26.0 Å². The molecular weight excluding hydrogens is 364 g/mol. The van der Waals surface area contributed by atoms with E-state index < -0.39 is 10.0 Å². The van der Waals surface area contributed by atoms with E-state index in [0.29, 0.717) is 11.4 Å². The fourth-order valence-electron chi connectivity index (χ4n) is 2.75. The van der Waals surface area contributed by atoms with Crippen molar-refractivity contribution in [2.75, 3.05) is 25.5 Å². The van der Waals surface area contributed by atoms with Gasteiger partial charge in [-0.25, -0.2) is 8.42 Å². The topological polar surface area (TPSA) is 75.7 Å². The molecule has 0 heterocycles. The number of aryl methyl sites for hydroxylation is 3. The number of carbonyl (C=O) groups excluding carboxylic acids is 1. The summed E-state index contributed by atoms with van der Waals surface area (Å²) in [5.74, 6) is 0.240. The summed E-state index contributed by atoms with van der Waals surface area (Å²) in [6.07, 6.45) is 0. The van der Waals surface area contributed by atoms with Crippen molar-refractivity contribution in [1.82, 2.24) is 4.31 Å². The summed E-state index contributed by atoms with van der Waals surface area (Å²) in [7, 11) is -2.25. The number of ether oxygens (including phenoxy) is 1. The molecule has 0 saturated heterocycles. The van der Waals surface area contributed by atoms with Crippen LogP contribution in [-0.2, 0) is 14.8 Å². The molecule has 1 N–H and O–H groups in total. The van der Waals surface area contributed by atoms with Gasteiger partial charge in [0, 0.05) is 12.2 Å². The molecule has 0 aliphatic rings. The Bertz CT molecular complexity index is 939. The molecule has 0 radical (unpaired) electrons. The van der Waals surface area contributed by atoms with Crippen molar-refractivity contribution in [3.05, 3.63) is 53.1 Å². The molecule has 0 spiro atoms. The van der Waals surface area contributed by atoms with Gasteiger partial charge in [0.05, 0.1) is 18.6 Å². The number of nitrogens with one attached hydrogen (secondary N) is 1. The molecule has 2 aromatic rings. The monoisotopic (exact) mass is 390 g/mol. The van der Waals surface area contributed by atoms with Gasteiger partial charge in [-0.05, 0) is 61.7 Å². The van der Waals surface area contributed by atoms with E-state index in [4.69, 9.17) is 4.74 Å². The molecule has 2 rings (SSSR count). The third-order valence-corrected chi connectivity index (χ3v) is 6.26. The molecular formula is C20H26N2O4S. The van der Waals surface area contributed by atoms with Crippen LogP contribution in [0.25, 0.3) is 0 Å². The molecule has 1 amide bonds. The highest BCUT2D eigenvalue weighted by Gasteiger charge is 2.26. The van der Waals surface area contributed by atoms with Crippen molar-refractivity contribution in [1.29, 1.82) is 0 Å². The zero-order valence-electron chi connectivity index (χ0n) is 16.4. The lowest BCUT2D eigenvalue weighted by Crippen LogP contribution is -2.38. The van der Waals surface area contributed by atoms with Gasteiger partial charge in [-0.1, -0.05) is 19.1 Å². The first kappa shape index (κ1) is 20.9. The van der Waals surface area contributed by atoms with Gasteiger partial charge in [-0.2, -0.15) is 4.31 Å². The maximum absolute atomic E-state index is 12.9. The van der Waals surface area contributed by atoms with Crippen LogP contribution >= 0.6 is 0 Å². The quantitative estimate of drug-likeness (QED) is 0.787. The highest BCUT2D eigenvalue weighted by atomic mass is 32.2. The number of likely N-dealkylation sites (N-methyl/N-ethyl adjacent to an activating group) is 1. The van der Waals surface area contributed by atoms with Crippen LogP contribution in [0.1, 0.15) is 23.6 Å². The fraction of sp³-hybridized carbons (Fsp3) is 0.350. The van der Waals surface area contributed by atoms with Crippen LogP contribution in [0.2, 0.25) is 0 Å². The fourth-order valence-corrected chi connectivity index (χ4v) is 4.24. The molecule has 0 atom stereocenters. The van der Waals surface area contributed by atoms with Gasteiger partial charge in [0.1, 0.15) is 5.75 Å². The van der Waals surface area contributed by atoms with Gasteiger partial charge in [0.2, 0.25) is 15.9 Å². The smallest absolute Gasteiger partial charge is 0.243 e. The Hall–Kier alpha value is -2.38. The number of rotatable bonds is 7. The van der Waals surface area contributed by atoms with Crippen LogP contribution in [0.5, 0.6) is 5.75 Å². The van der Waals surface area contributed by atoms with E-state index in [1.807, 2.05) is 32.0 Å². The number of carbonyl (C=O) groups is 1. The Labute approximate surface area is 161 Å². The lowest BCUT2D eigenvalue weighted by Gasteiger charge is -2.21. The van der Waals surface area contributed by atoms with Crippen LogP contribution in [0.4, 0.5) is 5.69 Å². The number of nitrogens with zero attached hydrogens (tertiary/aromatic N) is 1. The van der Waals surface area contributed by atoms with Crippen molar-refractivity contribution in [2.45, 2.75) is 32.6 Å². The minimum absolute atomic E-state index is 0.141. The second-order valence-electron chi connectivity index (χ2n) is 6.43. The average Bonchev–Trinajstić information content (AvgIpc) is 2.62. The maximum atomic E-state index is 12.9. The molecule has 0 aliphatic carbocycles. The van der Waals surface area contributed by atoms with Crippen LogP contribution in [0, 0.1) is 20.8 Å². The first-order valence-electron chi connectivity index (χ1n) is 8.71. The molecule has 0 aliphatic heterocycles. The SMILES string of the molecule is CCN(CC(=O)Nc1cc(C)ccc1C)S(=O)(=O)c1ccc(OC)c(C)c1. The number of methoxy groups -OCH3 is 1. The first-order valence-corrected chi connectivity index (χ1v) is 10.1. The normalized spacial score (nSPS) is 11.5. The average molecular weight is 391 g/mol. The second-order valence-corrected chi connectivity index (χ2v) is 8.37. The van der Waals surface area contributed by atoms with Gasteiger partial charge in [-0.15, -0.1) is 0 Å². The largest absolute Gasteiger partial charge is 0.496 e. The number of anilines is 1. The van der Waals surface area contributed by atoms with Crippen molar-refractivity contribution in [3.63, 3.8) is 0 Å². The van der Waals surface area contributed by atoms with Gasteiger partial charge in [-0.3, -0.25) is 4.79 Å². The Morgan fingerprint density at radius 2 is 1.78 bits per heavy atom. The summed E-state index contributed by atoms with van der Waals surface area (Å²) < 4.78 is 32.2. The molecule has 2 aromatic carbocycles. The number of hydrogen-bond donors (Lipinski definition) is 1. The molecule has 0 fully saturated rings. The number of sulfonamides is 1. The van der Waals surface area contributed by atoms with E-state index in [1.165, 1.54) is 13.2 Å². The molecule has 0 aromatic heterocycles. The van der Waals surface area contributed by atoms with Gasteiger partial charge in [0.25, 0.3) is 0 Å². The summed E-state index contributed by atoms with van der Waals surface area (Å²) >= 11 is 0. The minimum Gasteiger partial charge on any atom is -0.496 e. The van der Waals surface area contributed by atoms with Gasteiger partial charge < -0.3 is 10.1 Å². The van der Waals surface area contributed by atoms with Gasteiger partial charge >= 0.3 is 0 Å². The van der Waals surface area contributed by atoms with E-state index in [-0.39, 0.29) is 23.9 Å². The molecule has 27 heavy (non-hydrogen) atoms. The van der Waals surface area contributed by atoms with Crippen molar-refractivity contribution < 1.29 is 17.9 Å². The van der Waals surface area contributed by atoms with Crippen molar-refractivity contribution >= 4 is 21.6 Å². The standard InChI is InChI=1S/C20H26N2O4S/c1-6-22(13-20(23)21-18-11-14(2)7-8-15(18)3)27(24,25)17-9-10-19(26-5)16(4)12-17/h7-12H,6,13H2,1-5H3,(H,21,23). The van der Waals surface area contributed by atoms with Crippen LogP contribution in [-0.4, -0.2) is 38.8 Å². The first-order chi connectivity index (χ1) is 12.7. The molecule has 0 unspecified atom stereocenters. The summed E-state index contributed by atoms with van der Waals surface area (Å²) in [5, 5.41) is 2.80. The van der Waals surface area contributed by atoms with Crippen LogP contribution in [0.15, 0.2) is 41.3 Å². The predicted molar refractivity (Wildman–Crippen MR) is 107 cm³/mol. The molecule has 146 valence electrons. The lowest BCUT2D eigenvalue weighted by molar-refractivity contribution is -0.116. The Morgan fingerprint density at radius 3 is 2.37 bits per heavy atom. The summed E-state index contributed by atoms with van der Waals surface area (Å²) in [6.45, 7) is 7.25. The summed E-state index contributed by atoms with van der Waals surface area (Å²) in [5.41, 5.74) is 3.35. The zero-order valence-corrected chi connectivity index (χ0v) is 17.2. The predicted octanol–water partition coefficient (Wildman–Crippen LogP) is 3.27. The van der Waals surface area contributed by atoms with E-state index in [0.717, 1.165) is 21.0 Å². The van der Waals surface area contributed by atoms with Crippen molar-refractivity contribution in [3.8, 4) is 5.75 Å². The Morgan fingerprint density at radius 1 is 1.07 bits per heavy atom. The number of benzene rings is 2. The number of hydrogen-bond acceptors (Lipinski definition) is 4. The van der Waals surface area contributed by atoms with Crippen molar-refractivity contribution in [2.24, 2.45) is 0 Å². The van der Waals surface area contributed by atoms with Crippen LogP contribution in [0.3, 0.4) is 0 Å². The van der Waals surface area contributed by atoms with Crippen LogP contribution < -0.4 is 10.1 Å².